The first-order chi connectivity index (χ1) is 13.9. The van der Waals surface area contributed by atoms with Crippen LogP contribution in [0.5, 0.6) is 0 Å². The molecule has 0 rings (SSSR count). The first-order valence-electron chi connectivity index (χ1n) is 5.21. The van der Waals surface area contributed by atoms with Crippen LogP contribution in [0.3, 0.4) is 0 Å². The summed E-state index contributed by atoms with van der Waals surface area (Å²) in [6, 6.07) is 0. The maximum absolute atomic E-state index is 8.56. The molecule has 0 saturated carbocycles. The van der Waals surface area contributed by atoms with Crippen LogP contribution in [-0.2, 0) is 0 Å². The van der Waals surface area contributed by atoms with Gasteiger partial charge >= 0.3 is 108 Å². The molecule has 0 saturated heterocycles. The van der Waals surface area contributed by atoms with Crippen molar-refractivity contribution in [2.24, 2.45) is 0 Å². The molecule has 26 heteroatoms. The third kappa shape index (κ3) is 1410. The quantitative estimate of drug-likeness (QED) is 0.184. The average Bonchev–Trinajstić information content (AvgIpc) is 2.30. The van der Waals surface area contributed by atoms with Crippen molar-refractivity contribution < 1.29 is 120 Å². The Morgan fingerprint density at radius 2 is 0.206 bits per heavy atom. The van der Waals surface area contributed by atoms with E-state index < -0.39 is 49.2 Å². The van der Waals surface area contributed by atoms with Crippen LogP contribution in [0, 0.1) is 0 Å². The number of rotatable bonds is 0. The summed E-state index contributed by atoms with van der Waals surface area (Å²) in [5.41, 5.74) is 0. The molecule has 0 amide bonds. The van der Waals surface area contributed by atoms with Gasteiger partial charge in [-0.2, -0.15) is 0 Å². The van der Waals surface area contributed by atoms with Gasteiger partial charge in [0.15, 0.2) is 0 Å². The van der Waals surface area contributed by atoms with E-state index in [0.717, 1.165) is 0 Å². The molecule has 16 N–H and O–H groups in total. The van der Waals surface area contributed by atoms with E-state index in [9.17, 15) is 0 Å². The summed E-state index contributed by atoms with van der Waals surface area (Å²) in [6.45, 7) is 0. The van der Waals surface area contributed by atoms with Crippen LogP contribution >= 0.6 is 0 Å². The molecule has 34 heavy (non-hydrogen) atoms. The standard InChI is InChI=1S/8CH2O3.2Na.2H/c8*2-1(3)4;;;;/h8*(H2,2,3,4);;;;. The van der Waals surface area contributed by atoms with E-state index in [2.05, 4.69) is 0 Å². The van der Waals surface area contributed by atoms with E-state index in [1.54, 1.807) is 0 Å². The van der Waals surface area contributed by atoms with Crippen molar-refractivity contribution in [3.05, 3.63) is 0 Å². The Morgan fingerprint density at radius 3 is 0.206 bits per heavy atom. The van der Waals surface area contributed by atoms with Crippen molar-refractivity contribution in [1.29, 1.82) is 0 Å². The number of hydrogen-bond donors (Lipinski definition) is 16. The van der Waals surface area contributed by atoms with Crippen molar-refractivity contribution in [1.82, 2.24) is 0 Å². The predicted octanol–water partition coefficient (Wildman–Crippen LogP) is 0.482. The van der Waals surface area contributed by atoms with Crippen LogP contribution in [0.2, 0.25) is 0 Å². The van der Waals surface area contributed by atoms with Gasteiger partial charge in [0.25, 0.3) is 0 Å². The molecule has 0 aromatic carbocycles. The van der Waals surface area contributed by atoms with Gasteiger partial charge in [0, 0.05) is 0 Å². The van der Waals surface area contributed by atoms with E-state index in [0.29, 0.717) is 0 Å². The molecule has 0 atom stereocenters. The molecule has 0 aliphatic heterocycles. The Bertz CT molecular complexity index is 365. The fraction of sp³-hybridized carbons (Fsp3) is 0. The summed E-state index contributed by atoms with van der Waals surface area (Å²) in [6.07, 6.45) is -14.7. The molecule has 0 fully saturated rings. The summed E-state index contributed by atoms with van der Waals surface area (Å²) < 4.78 is 0. The van der Waals surface area contributed by atoms with E-state index in [1.807, 2.05) is 0 Å². The van der Waals surface area contributed by atoms with Crippen molar-refractivity contribution in [2.75, 3.05) is 0 Å². The summed E-state index contributed by atoms with van der Waals surface area (Å²) >= 11 is 0. The van der Waals surface area contributed by atoms with Crippen LogP contribution in [0.1, 0.15) is 0 Å². The normalized spacial score (nSPS) is 5.65. The van der Waals surface area contributed by atoms with Crippen LogP contribution in [0.4, 0.5) is 38.4 Å². The molecule has 0 heterocycles. The number of carbonyl (C=O) groups is 8. The van der Waals surface area contributed by atoms with E-state index in [-0.39, 0.29) is 59.1 Å². The Morgan fingerprint density at radius 1 is 0.206 bits per heavy atom. The van der Waals surface area contributed by atoms with Crippen LogP contribution in [0.25, 0.3) is 0 Å². The topological polar surface area (TPSA) is 460 Å². The van der Waals surface area contributed by atoms with Gasteiger partial charge in [-0.1, -0.05) is 0 Å². The second-order valence-corrected chi connectivity index (χ2v) is 2.26. The molecule has 0 unspecified atom stereocenters. The van der Waals surface area contributed by atoms with E-state index in [4.69, 9.17) is 120 Å². The first kappa shape index (κ1) is 63.1. The van der Waals surface area contributed by atoms with Crippen molar-refractivity contribution in [3.63, 3.8) is 0 Å². The molecule has 0 spiro atoms. The fourth-order valence-electron chi connectivity index (χ4n) is 0. The van der Waals surface area contributed by atoms with Crippen molar-refractivity contribution in [2.45, 2.75) is 0 Å². The molecule has 0 aliphatic carbocycles. The molecule has 0 aliphatic rings. The van der Waals surface area contributed by atoms with E-state index in [1.165, 1.54) is 0 Å². The van der Waals surface area contributed by atoms with Crippen LogP contribution in [-0.4, -0.2) is 190 Å². The van der Waals surface area contributed by atoms with Gasteiger partial charge in [0.2, 0.25) is 0 Å². The first-order valence-corrected chi connectivity index (χ1v) is 5.21. The third-order valence-corrected chi connectivity index (χ3v) is 0. The maximum atomic E-state index is 8.56. The summed E-state index contributed by atoms with van der Waals surface area (Å²) in [5.74, 6) is 0. The van der Waals surface area contributed by atoms with Crippen molar-refractivity contribution >= 4 is 108 Å². The van der Waals surface area contributed by atoms with Gasteiger partial charge in [-0.15, -0.1) is 0 Å². The molecule has 0 aromatic rings. The molecular weight excluding hydrogens is 526 g/mol. The van der Waals surface area contributed by atoms with Gasteiger partial charge in [-0.3, -0.25) is 0 Å². The Labute approximate surface area is 227 Å². The van der Waals surface area contributed by atoms with Gasteiger partial charge < -0.3 is 81.7 Å². The molecule has 0 aromatic heterocycles. The molecular formula is C8H18Na2O24. The minimum absolute atomic E-state index is 0. The Hall–Kier alpha value is -3.84. The van der Waals surface area contributed by atoms with Crippen LogP contribution < -0.4 is 0 Å². The summed E-state index contributed by atoms with van der Waals surface area (Å²) in [5, 5.41) is 112. The van der Waals surface area contributed by atoms with Gasteiger partial charge in [-0.05, 0) is 0 Å². The Kier molecular flexibility index (Phi) is 106. The zero-order valence-corrected chi connectivity index (χ0v) is 14.4. The monoisotopic (exact) mass is 544 g/mol. The molecule has 24 nitrogen and oxygen atoms in total. The fourth-order valence-corrected chi connectivity index (χ4v) is 0. The van der Waals surface area contributed by atoms with Crippen molar-refractivity contribution in [3.8, 4) is 0 Å². The predicted molar refractivity (Wildman–Crippen MR) is 99.5 cm³/mol. The third-order valence-electron chi connectivity index (χ3n) is 0. The minimum atomic E-state index is -1.83. The van der Waals surface area contributed by atoms with Gasteiger partial charge in [0.05, 0.1) is 0 Å². The summed E-state index contributed by atoms with van der Waals surface area (Å²) in [7, 11) is 0. The SMILES string of the molecule is O=C(O)O.O=C(O)O.O=C(O)O.O=C(O)O.O=C(O)O.O=C(O)O.O=C(O)O.O=C(O)O.[NaH].[NaH]. The second-order valence-electron chi connectivity index (χ2n) is 2.26. The van der Waals surface area contributed by atoms with Gasteiger partial charge in [0.1, 0.15) is 0 Å². The van der Waals surface area contributed by atoms with Gasteiger partial charge in [-0.25, -0.2) is 38.4 Å². The van der Waals surface area contributed by atoms with E-state index >= 15 is 0 Å². The average molecular weight is 544 g/mol. The number of carboxylic acid groups (broad SMARTS) is 16. The zero-order chi connectivity index (χ0) is 28.6. The Balaban J connectivity index is -0.0000000240. The summed E-state index contributed by atoms with van der Waals surface area (Å²) in [4.78, 5) is 68.4. The molecule has 0 bridgehead atoms. The molecule has 196 valence electrons. The number of hydrogen-bond acceptors (Lipinski definition) is 8. The zero-order valence-electron chi connectivity index (χ0n) is 14.4. The molecule has 0 radical (unpaired) electrons. The second kappa shape index (κ2) is 56.9. The van der Waals surface area contributed by atoms with Crippen LogP contribution in [0.15, 0.2) is 0 Å².